The number of hydrogen-bond acceptors (Lipinski definition) is 4. The van der Waals surface area contributed by atoms with E-state index in [4.69, 9.17) is 21.8 Å². The van der Waals surface area contributed by atoms with Gasteiger partial charge >= 0.3 is 0 Å². The van der Waals surface area contributed by atoms with Gasteiger partial charge in [-0.1, -0.05) is 23.7 Å². The first-order chi connectivity index (χ1) is 16.0. The number of nitrogens with two attached hydrogens (primary N) is 1. The number of furan rings is 1. The van der Waals surface area contributed by atoms with Crippen molar-refractivity contribution >= 4 is 40.8 Å². The summed E-state index contributed by atoms with van der Waals surface area (Å²) >= 11 is 6.11. The molecule has 0 atom stereocenters. The second kappa shape index (κ2) is 8.89. The van der Waals surface area contributed by atoms with Crippen LogP contribution in [0.2, 0.25) is 5.02 Å². The van der Waals surface area contributed by atoms with Gasteiger partial charge in [-0.2, -0.15) is 0 Å². The molecule has 0 radical (unpaired) electrons. The molecule has 168 valence electrons. The van der Waals surface area contributed by atoms with Crippen LogP contribution < -0.4 is 11.1 Å². The van der Waals surface area contributed by atoms with Gasteiger partial charge in [0.1, 0.15) is 11.5 Å². The van der Waals surface area contributed by atoms with Crippen molar-refractivity contribution in [1.82, 2.24) is 4.90 Å². The Bertz CT molecular complexity index is 1260. The summed E-state index contributed by atoms with van der Waals surface area (Å²) in [6.07, 6.45) is 3.59. The van der Waals surface area contributed by atoms with Crippen LogP contribution in [0.15, 0.2) is 59.0 Å². The maximum atomic E-state index is 13.0. The monoisotopic (exact) mass is 461 g/mol. The summed E-state index contributed by atoms with van der Waals surface area (Å²) < 4.78 is 6.01. The van der Waals surface area contributed by atoms with E-state index >= 15 is 0 Å². The molecule has 33 heavy (non-hydrogen) atoms. The highest BCUT2D eigenvalue weighted by atomic mass is 35.5. The number of benzene rings is 2. The Labute approximate surface area is 197 Å². The molecule has 6 nitrogen and oxygen atoms in total. The summed E-state index contributed by atoms with van der Waals surface area (Å²) in [6.45, 7) is 2.14. The fourth-order valence-corrected chi connectivity index (χ4v) is 4.56. The molecule has 1 fully saturated rings. The molecule has 3 heterocycles. The third-order valence-corrected chi connectivity index (χ3v) is 6.54. The normalized spacial score (nSPS) is 17.3. The van der Waals surface area contributed by atoms with Crippen molar-refractivity contribution in [3.63, 3.8) is 0 Å². The highest BCUT2D eigenvalue weighted by Crippen LogP contribution is 2.35. The molecule has 0 aliphatic carbocycles. The Kier molecular flexibility index (Phi) is 5.79. The van der Waals surface area contributed by atoms with Crippen LogP contribution in [0.5, 0.6) is 0 Å². The smallest absolute Gasteiger partial charge is 0.256 e. The van der Waals surface area contributed by atoms with Crippen LogP contribution in [-0.4, -0.2) is 36.3 Å². The number of carbonyl (C=O) groups is 2. The first kappa shape index (κ1) is 21.5. The minimum atomic E-state index is -0.198. The minimum Gasteiger partial charge on any atom is -0.457 e. The lowest BCUT2D eigenvalue weighted by Gasteiger charge is -2.31. The van der Waals surface area contributed by atoms with Gasteiger partial charge in [0.25, 0.3) is 11.8 Å². The van der Waals surface area contributed by atoms with E-state index in [2.05, 4.69) is 5.32 Å². The fraction of sp³-hybridized carbons (Fsp3) is 0.231. The van der Waals surface area contributed by atoms with Crippen LogP contribution in [0.25, 0.3) is 23.0 Å². The summed E-state index contributed by atoms with van der Waals surface area (Å²) in [5.41, 5.74) is 9.18. The zero-order valence-electron chi connectivity index (χ0n) is 18.0. The molecule has 2 aliphatic heterocycles. The van der Waals surface area contributed by atoms with Gasteiger partial charge in [-0.3, -0.25) is 9.59 Å². The van der Waals surface area contributed by atoms with Gasteiger partial charge in [0, 0.05) is 40.5 Å². The maximum Gasteiger partial charge on any atom is 0.256 e. The summed E-state index contributed by atoms with van der Waals surface area (Å²) in [5.74, 6) is 1.50. The van der Waals surface area contributed by atoms with Gasteiger partial charge in [0.05, 0.1) is 5.57 Å². The second-order valence-corrected chi connectivity index (χ2v) is 8.89. The van der Waals surface area contributed by atoms with E-state index in [1.807, 2.05) is 41.3 Å². The molecule has 5 rings (SSSR count). The van der Waals surface area contributed by atoms with Crippen molar-refractivity contribution in [3.8, 4) is 11.3 Å². The van der Waals surface area contributed by atoms with Crippen LogP contribution in [-0.2, 0) is 4.79 Å². The van der Waals surface area contributed by atoms with E-state index in [1.54, 1.807) is 24.3 Å². The number of halogens is 1. The van der Waals surface area contributed by atoms with E-state index in [0.717, 1.165) is 42.7 Å². The molecule has 0 unspecified atom stereocenters. The predicted molar refractivity (Wildman–Crippen MR) is 130 cm³/mol. The average Bonchev–Trinajstić information content (AvgIpc) is 3.43. The largest absolute Gasteiger partial charge is 0.457 e. The minimum absolute atomic E-state index is 0.0253. The molecular formula is C26H24ClN3O3. The number of amides is 2. The average molecular weight is 462 g/mol. The number of nitrogens with one attached hydrogen (secondary N) is 1. The van der Waals surface area contributed by atoms with Gasteiger partial charge in [0.2, 0.25) is 0 Å². The lowest BCUT2D eigenvalue weighted by atomic mass is 9.96. The molecule has 2 amide bonds. The van der Waals surface area contributed by atoms with Crippen LogP contribution in [0.4, 0.5) is 5.69 Å². The van der Waals surface area contributed by atoms with Crippen molar-refractivity contribution in [3.05, 3.63) is 76.5 Å². The first-order valence-electron chi connectivity index (χ1n) is 11.0. The Morgan fingerprint density at radius 1 is 1.15 bits per heavy atom. The lowest BCUT2D eigenvalue weighted by molar-refractivity contribution is -0.110. The molecule has 1 saturated heterocycles. The van der Waals surface area contributed by atoms with Crippen LogP contribution >= 0.6 is 11.6 Å². The van der Waals surface area contributed by atoms with Crippen molar-refractivity contribution in [1.29, 1.82) is 0 Å². The molecule has 1 aromatic heterocycles. The number of likely N-dealkylation sites (tertiary alicyclic amines) is 1. The molecule has 2 aliphatic rings. The third-order valence-electron chi connectivity index (χ3n) is 6.31. The van der Waals surface area contributed by atoms with Crippen molar-refractivity contribution < 1.29 is 14.0 Å². The second-order valence-electron chi connectivity index (χ2n) is 8.46. The molecule has 3 aromatic rings. The third kappa shape index (κ3) is 4.32. The molecule has 0 saturated carbocycles. The van der Waals surface area contributed by atoms with E-state index in [9.17, 15) is 9.59 Å². The number of piperidine rings is 1. The van der Waals surface area contributed by atoms with E-state index in [-0.39, 0.29) is 11.8 Å². The lowest BCUT2D eigenvalue weighted by Crippen LogP contribution is -2.40. The molecular weight excluding hydrogens is 438 g/mol. The van der Waals surface area contributed by atoms with Crippen LogP contribution in [0.1, 0.15) is 34.5 Å². The Morgan fingerprint density at radius 3 is 2.76 bits per heavy atom. The predicted octanol–water partition coefficient (Wildman–Crippen LogP) is 4.90. The summed E-state index contributed by atoms with van der Waals surface area (Å²) in [5, 5.41) is 3.39. The number of fused-ring (bicyclic) bond motifs is 1. The van der Waals surface area contributed by atoms with E-state index in [0.29, 0.717) is 40.1 Å². The summed E-state index contributed by atoms with van der Waals surface area (Å²) in [4.78, 5) is 27.3. The molecule has 3 N–H and O–H groups in total. The Morgan fingerprint density at radius 2 is 1.97 bits per heavy atom. The molecule has 7 heteroatoms. The quantitative estimate of drug-likeness (QED) is 0.540. The number of carbonyl (C=O) groups excluding carboxylic acids is 2. The van der Waals surface area contributed by atoms with Gasteiger partial charge < -0.3 is 20.4 Å². The van der Waals surface area contributed by atoms with Crippen molar-refractivity contribution in [2.75, 3.05) is 25.0 Å². The van der Waals surface area contributed by atoms with Gasteiger partial charge in [0.15, 0.2) is 0 Å². The molecule has 0 bridgehead atoms. The zero-order valence-corrected chi connectivity index (χ0v) is 18.8. The van der Waals surface area contributed by atoms with Crippen molar-refractivity contribution in [2.45, 2.75) is 12.8 Å². The van der Waals surface area contributed by atoms with Gasteiger partial charge in [-0.15, -0.1) is 0 Å². The standard InChI is InChI=1S/C26H24ClN3O3/c27-19-4-6-23-21(13-19)22(25(31)29-23)14-20-5-7-24(33-20)17-2-1-3-18(12-17)26(32)30-10-8-16(15-28)9-11-30/h1-7,12-14,16H,8-11,15,28H2,(H,29,31). The number of hydrogen-bond donors (Lipinski definition) is 2. The summed E-state index contributed by atoms with van der Waals surface area (Å²) in [7, 11) is 0. The Balaban J connectivity index is 1.37. The van der Waals surface area contributed by atoms with Gasteiger partial charge in [-0.05, 0) is 73.8 Å². The van der Waals surface area contributed by atoms with Crippen LogP contribution in [0.3, 0.4) is 0 Å². The Hall–Kier alpha value is -3.35. The maximum absolute atomic E-state index is 13.0. The zero-order chi connectivity index (χ0) is 22.9. The fourth-order valence-electron chi connectivity index (χ4n) is 4.39. The SMILES string of the molecule is NCC1CCN(C(=O)c2cccc(-c3ccc(C=C4C(=O)Nc5ccc(Cl)cc54)o3)c2)CC1. The van der Waals surface area contributed by atoms with E-state index in [1.165, 1.54) is 0 Å². The highest BCUT2D eigenvalue weighted by molar-refractivity contribution is 6.36. The first-order valence-corrected chi connectivity index (χ1v) is 11.4. The molecule has 2 aromatic carbocycles. The van der Waals surface area contributed by atoms with E-state index < -0.39 is 0 Å². The summed E-state index contributed by atoms with van der Waals surface area (Å²) in [6, 6.07) is 16.4. The number of anilines is 1. The number of rotatable bonds is 4. The highest BCUT2D eigenvalue weighted by Gasteiger charge is 2.25. The molecule has 0 spiro atoms. The van der Waals surface area contributed by atoms with Crippen LogP contribution in [0, 0.1) is 5.92 Å². The van der Waals surface area contributed by atoms with Gasteiger partial charge in [-0.25, -0.2) is 0 Å². The van der Waals surface area contributed by atoms with Crippen molar-refractivity contribution in [2.24, 2.45) is 11.7 Å². The number of nitrogens with zero attached hydrogens (tertiary/aromatic N) is 1. The topological polar surface area (TPSA) is 88.6 Å².